The molecule has 2 amide bonds. The Labute approximate surface area is 193 Å². The minimum Gasteiger partial charge on any atom is -0.345 e. The van der Waals surface area contributed by atoms with Gasteiger partial charge in [0.2, 0.25) is 0 Å². The number of nitrogens with two attached hydrogens (primary N) is 1. The summed E-state index contributed by atoms with van der Waals surface area (Å²) in [4.78, 5) is 34.6. The van der Waals surface area contributed by atoms with Gasteiger partial charge < -0.3 is 20.9 Å². The summed E-state index contributed by atoms with van der Waals surface area (Å²) in [5.41, 5.74) is 9.32. The quantitative estimate of drug-likeness (QED) is 0.546. The van der Waals surface area contributed by atoms with Gasteiger partial charge in [-0.15, -0.1) is 24.8 Å². The normalized spacial score (nSPS) is 16.7. The van der Waals surface area contributed by atoms with Crippen molar-refractivity contribution in [2.24, 2.45) is 11.7 Å². The minimum absolute atomic E-state index is 0. The lowest BCUT2D eigenvalue weighted by atomic mass is 9.92. The Morgan fingerprint density at radius 3 is 2.77 bits per heavy atom. The van der Waals surface area contributed by atoms with Gasteiger partial charge in [0, 0.05) is 35.9 Å². The van der Waals surface area contributed by atoms with Crippen LogP contribution in [0.2, 0.25) is 0 Å². The highest BCUT2D eigenvalue weighted by molar-refractivity contribution is 6.06. The first-order valence-corrected chi connectivity index (χ1v) is 9.90. The molecule has 1 aromatic heterocycles. The van der Waals surface area contributed by atoms with E-state index in [2.05, 4.69) is 15.3 Å². The van der Waals surface area contributed by atoms with Gasteiger partial charge in [-0.3, -0.25) is 9.59 Å². The molecule has 0 radical (unpaired) electrons. The van der Waals surface area contributed by atoms with E-state index < -0.39 is 0 Å². The van der Waals surface area contributed by atoms with Gasteiger partial charge in [-0.25, -0.2) is 4.98 Å². The van der Waals surface area contributed by atoms with Crippen LogP contribution in [-0.2, 0) is 0 Å². The van der Waals surface area contributed by atoms with E-state index in [0.717, 1.165) is 30.4 Å². The van der Waals surface area contributed by atoms with E-state index in [1.807, 2.05) is 11.8 Å². The SMILES string of the molecule is CC(N)C1CCCN(C(=O)c2cccc(NC(=O)c3ccc4nc[nH]c4c3)c2)C1.Cl.Cl. The second kappa shape index (κ2) is 10.6. The number of halogens is 2. The molecule has 0 saturated carbocycles. The van der Waals surface area contributed by atoms with Crippen molar-refractivity contribution in [2.45, 2.75) is 25.8 Å². The van der Waals surface area contributed by atoms with Gasteiger partial charge in [0.05, 0.1) is 17.4 Å². The molecular weight excluding hydrogens is 437 g/mol. The van der Waals surface area contributed by atoms with Crippen molar-refractivity contribution in [3.8, 4) is 0 Å². The zero-order valence-corrected chi connectivity index (χ0v) is 18.8. The van der Waals surface area contributed by atoms with Gasteiger partial charge in [0.1, 0.15) is 0 Å². The van der Waals surface area contributed by atoms with E-state index in [4.69, 9.17) is 5.73 Å². The molecule has 2 aromatic carbocycles. The predicted octanol–water partition coefficient (Wildman–Crippen LogP) is 3.86. The minimum atomic E-state index is -0.235. The van der Waals surface area contributed by atoms with Crippen molar-refractivity contribution in [1.29, 1.82) is 0 Å². The number of aromatic amines is 1. The number of rotatable bonds is 4. The van der Waals surface area contributed by atoms with Crippen LogP contribution < -0.4 is 11.1 Å². The summed E-state index contributed by atoms with van der Waals surface area (Å²) in [6.45, 7) is 3.41. The number of nitrogens with zero attached hydrogens (tertiary/aromatic N) is 2. The maximum atomic E-state index is 13.0. The number of hydrogen-bond donors (Lipinski definition) is 3. The number of amides is 2. The molecule has 1 saturated heterocycles. The van der Waals surface area contributed by atoms with Gasteiger partial charge >= 0.3 is 0 Å². The number of benzene rings is 2. The number of piperidine rings is 1. The molecule has 7 nitrogen and oxygen atoms in total. The fraction of sp³-hybridized carbons (Fsp3) is 0.318. The Hall–Kier alpha value is -2.61. The Kier molecular flexibility index (Phi) is 8.44. The van der Waals surface area contributed by atoms with Gasteiger partial charge in [0.15, 0.2) is 0 Å². The van der Waals surface area contributed by atoms with Crippen molar-refractivity contribution in [1.82, 2.24) is 14.9 Å². The molecule has 4 rings (SSSR count). The molecule has 2 atom stereocenters. The summed E-state index contributed by atoms with van der Waals surface area (Å²) >= 11 is 0. The summed E-state index contributed by atoms with van der Waals surface area (Å²) in [7, 11) is 0. The number of hydrogen-bond acceptors (Lipinski definition) is 4. The third-order valence-corrected chi connectivity index (χ3v) is 5.54. The summed E-state index contributed by atoms with van der Waals surface area (Å²) < 4.78 is 0. The van der Waals surface area contributed by atoms with Gasteiger partial charge in [0.25, 0.3) is 11.8 Å². The molecule has 2 heterocycles. The van der Waals surface area contributed by atoms with Gasteiger partial charge in [-0.1, -0.05) is 6.07 Å². The Morgan fingerprint density at radius 2 is 2.00 bits per heavy atom. The van der Waals surface area contributed by atoms with Crippen LogP contribution in [0.15, 0.2) is 48.8 Å². The van der Waals surface area contributed by atoms with Gasteiger partial charge in [-0.05, 0) is 62.1 Å². The van der Waals surface area contributed by atoms with Crippen LogP contribution in [0, 0.1) is 5.92 Å². The zero-order valence-electron chi connectivity index (χ0n) is 17.2. The predicted molar refractivity (Wildman–Crippen MR) is 127 cm³/mol. The Bertz CT molecular complexity index is 1050. The third-order valence-electron chi connectivity index (χ3n) is 5.54. The molecule has 4 N–H and O–H groups in total. The largest absolute Gasteiger partial charge is 0.345 e. The Morgan fingerprint density at radius 1 is 1.19 bits per heavy atom. The highest BCUT2D eigenvalue weighted by Crippen LogP contribution is 2.22. The lowest BCUT2D eigenvalue weighted by Crippen LogP contribution is -2.45. The van der Waals surface area contributed by atoms with E-state index in [1.54, 1.807) is 48.8 Å². The monoisotopic (exact) mass is 463 g/mol. The second-order valence-corrected chi connectivity index (χ2v) is 7.68. The van der Waals surface area contributed by atoms with Gasteiger partial charge in [-0.2, -0.15) is 0 Å². The van der Waals surface area contributed by atoms with E-state index in [-0.39, 0.29) is 42.7 Å². The topological polar surface area (TPSA) is 104 Å². The number of H-pyrrole nitrogens is 1. The number of nitrogens with one attached hydrogen (secondary N) is 2. The smallest absolute Gasteiger partial charge is 0.255 e. The first-order chi connectivity index (χ1) is 14.0. The molecule has 1 aliphatic heterocycles. The van der Waals surface area contributed by atoms with Crippen LogP contribution in [0.3, 0.4) is 0 Å². The van der Waals surface area contributed by atoms with Crippen molar-refractivity contribution in [3.63, 3.8) is 0 Å². The first-order valence-electron chi connectivity index (χ1n) is 9.90. The van der Waals surface area contributed by atoms with E-state index in [9.17, 15) is 9.59 Å². The maximum Gasteiger partial charge on any atom is 0.255 e. The number of carbonyl (C=O) groups excluding carboxylic acids is 2. The average molecular weight is 464 g/mol. The molecule has 0 aliphatic carbocycles. The van der Waals surface area contributed by atoms with Crippen LogP contribution in [-0.4, -0.2) is 45.8 Å². The summed E-state index contributed by atoms with van der Waals surface area (Å²) in [6, 6.07) is 12.4. The highest BCUT2D eigenvalue weighted by atomic mass is 35.5. The van der Waals surface area contributed by atoms with Crippen molar-refractivity contribution in [2.75, 3.05) is 18.4 Å². The zero-order chi connectivity index (χ0) is 20.4. The number of carbonyl (C=O) groups is 2. The van der Waals surface area contributed by atoms with E-state index in [1.165, 1.54) is 0 Å². The number of fused-ring (bicyclic) bond motifs is 1. The third kappa shape index (κ3) is 5.55. The van der Waals surface area contributed by atoms with Crippen LogP contribution in [0.5, 0.6) is 0 Å². The number of aromatic nitrogens is 2. The molecule has 9 heteroatoms. The molecule has 166 valence electrons. The highest BCUT2D eigenvalue weighted by Gasteiger charge is 2.26. The molecule has 0 spiro atoms. The van der Waals surface area contributed by atoms with Crippen molar-refractivity contribution < 1.29 is 9.59 Å². The summed E-state index contributed by atoms with van der Waals surface area (Å²) in [5, 5.41) is 2.88. The summed E-state index contributed by atoms with van der Waals surface area (Å²) in [6.07, 6.45) is 3.61. The van der Waals surface area contributed by atoms with E-state index >= 15 is 0 Å². The average Bonchev–Trinajstić information content (AvgIpc) is 3.21. The van der Waals surface area contributed by atoms with Crippen LogP contribution in [0.1, 0.15) is 40.5 Å². The number of anilines is 1. The molecule has 1 fully saturated rings. The van der Waals surface area contributed by atoms with Crippen molar-refractivity contribution in [3.05, 3.63) is 59.9 Å². The van der Waals surface area contributed by atoms with Crippen LogP contribution in [0.25, 0.3) is 11.0 Å². The van der Waals surface area contributed by atoms with Crippen LogP contribution in [0.4, 0.5) is 5.69 Å². The molecule has 1 aliphatic rings. The number of likely N-dealkylation sites (tertiary alicyclic amines) is 1. The molecule has 3 aromatic rings. The lowest BCUT2D eigenvalue weighted by Gasteiger charge is -2.34. The molecular formula is C22H27Cl2N5O2. The lowest BCUT2D eigenvalue weighted by molar-refractivity contribution is 0.0660. The molecule has 31 heavy (non-hydrogen) atoms. The Balaban J connectivity index is 0.00000171. The molecule has 0 bridgehead atoms. The standard InChI is InChI=1S/C22H25N5O2.2ClH/c1-14(23)17-5-3-9-27(12-17)22(29)16-4-2-6-18(10-16)26-21(28)15-7-8-19-20(11-15)25-13-24-19;;/h2,4,6-8,10-11,13-14,17H,3,5,9,12,23H2,1H3,(H,24,25)(H,26,28);2*1H. The van der Waals surface area contributed by atoms with E-state index in [0.29, 0.717) is 29.3 Å². The summed E-state index contributed by atoms with van der Waals surface area (Å²) in [5.74, 6) is 0.0689. The first kappa shape index (κ1) is 24.7. The van der Waals surface area contributed by atoms with Crippen LogP contribution >= 0.6 is 24.8 Å². The number of imidazole rings is 1. The maximum absolute atomic E-state index is 13.0. The fourth-order valence-electron chi connectivity index (χ4n) is 3.82. The second-order valence-electron chi connectivity index (χ2n) is 7.68. The molecule has 2 unspecified atom stereocenters. The fourth-order valence-corrected chi connectivity index (χ4v) is 3.82. The van der Waals surface area contributed by atoms with Crippen molar-refractivity contribution >= 4 is 53.3 Å².